The van der Waals surface area contributed by atoms with Crippen LogP contribution in [0.15, 0.2) is 179 Å². The molecular weight excluding hydrogens is 752 g/mol. The maximum absolute atomic E-state index is 4.78. The second-order valence-electron chi connectivity index (χ2n) is 11.5. The fourth-order valence-corrected chi connectivity index (χ4v) is 7.24. The van der Waals surface area contributed by atoms with E-state index in [1.54, 1.807) is 0 Å². The minimum absolute atomic E-state index is 0.910. The molecule has 8 aromatic rings. The van der Waals surface area contributed by atoms with Gasteiger partial charge in [0.2, 0.25) is 0 Å². The van der Waals surface area contributed by atoms with Gasteiger partial charge in [0.25, 0.3) is 0 Å². The predicted octanol–water partition coefficient (Wildman–Crippen LogP) is 13.5. The molecule has 0 aliphatic heterocycles. The molecule has 0 saturated heterocycles. The first kappa shape index (κ1) is 31.2. The van der Waals surface area contributed by atoms with Crippen LogP contribution in [0.1, 0.15) is 0 Å². The predicted molar refractivity (Wildman–Crippen MR) is 213 cm³/mol. The maximum Gasteiger partial charge on any atom is 0.113 e. The van der Waals surface area contributed by atoms with Crippen molar-refractivity contribution in [2.75, 3.05) is 9.80 Å². The third-order valence-corrected chi connectivity index (χ3v) is 10.1. The Morgan fingerprint density at radius 3 is 1.00 bits per heavy atom. The Hall–Kier alpha value is -5.08. The van der Waals surface area contributed by atoms with Crippen molar-refractivity contribution >= 4 is 88.7 Å². The third kappa shape index (κ3) is 6.41. The van der Waals surface area contributed by atoms with Gasteiger partial charge in [-0.1, -0.05) is 105 Å². The Labute approximate surface area is 306 Å². The highest BCUT2D eigenvalue weighted by molar-refractivity contribution is 9.10. The highest BCUT2D eigenvalue weighted by Gasteiger charge is 2.17. The molecule has 0 unspecified atom stereocenters. The molecule has 0 saturated carbocycles. The molecule has 0 atom stereocenters. The number of fused-ring (bicyclic) bond motifs is 1. The number of hydrogen-bond acceptors (Lipinski definition) is 5. The van der Waals surface area contributed by atoms with Crippen LogP contribution in [0.2, 0.25) is 0 Å². The van der Waals surface area contributed by atoms with Crippen molar-refractivity contribution in [1.82, 2.24) is 8.75 Å². The van der Waals surface area contributed by atoms with E-state index >= 15 is 0 Å². The summed E-state index contributed by atoms with van der Waals surface area (Å²) < 4.78 is 11.7. The summed E-state index contributed by atoms with van der Waals surface area (Å²) in [6.07, 6.45) is 0. The van der Waals surface area contributed by atoms with Crippen LogP contribution in [0, 0.1) is 0 Å². The Kier molecular flexibility index (Phi) is 8.79. The first-order chi connectivity index (χ1) is 24.1. The van der Waals surface area contributed by atoms with Crippen LogP contribution in [-0.4, -0.2) is 8.75 Å². The van der Waals surface area contributed by atoms with Crippen molar-refractivity contribution in [2.24, 2.45) is 0 Å². The number of halogens is 2. The summed E-state index contributed by atoms with van der Waals surface area (Å²) in [5.74, 6) is 0. The Morgan fingerprint density at radius 2 is 0.653 bits per heavy atom. The van der Waals surface area contributed by atoms with Crippen LogP contribution in [0.25, 0.3) is 33.3 Å². The molecule has 7 heteroatoms. The van der Waals surface area contributed by atoms with E-state index < -0.39 is 0 Å². The van der Waals surface area contributed by atoms with Gasteiger partial charge in [0.1, 0.15) is 11.0 Å². The molecule has 236 valence electrons. The highest BCUT2D eigenvalue weighted by atomic mass is 79.9. The number of anilines is 6. The van der Waals surface area contributed by atoms with Crippen LogP contribution in [-0.2, 0) is 0 Å². The first-order valence-corrected chi connectivity index (χ1v) is 18.1. The summed E-state index contributed by atoms with van der Waals surface area (Å²) in [7, 11) is 0. The molecule has 1 aromatic heterocycles. The van der Waals surface area contributed by atoms with Crippen molar-refractivity contribution in [2.45, 2.75) is 0 Å². The van der Waals surface area contributed by atoms with E-state index in [4.69, 9.17) is 8.75 Å². The molecule has 0 spiro atoms. The monoisotopic (exact) mass is 778 g/mol. The van der Waals surface area contributed by atoms with E-state index in [0.717, 1.165) is 76.4 Å². The molecule has 0 bridgehead atoms. The molecule has 4 nitrogen and oxygen atoms in total. The van der Waals surface area contributed by atoms with Gasteiger partial charge in [0.15, 0.2) is 0 Å². The van der Waals surface area contributed by atoms with E-state index in [1.807, 2.05) is 12.1 Å². The van der Waals surface area contributed by atoms with Crippen molar-refractivity contribution in [3.05, 3.63) is 179 Å². The maximum atomic E-state index is 4.78. The molecule has 8 rings (SSSR count). The lowest BCUT2D eigenvalue weighted by Gasteiger charge is -2.25. The minimum Gasteiger partial charge on any atom is -0.311 e. The lowest BCUT2D eigenvalue weighted by molar-refractivity contribution is 1.28. The van der Waals surface area contributed by atoms with Gasteiger partial charge in [-0.3, -0.25) is 0 Å². The lowest BCUT2D eigenvalue weighted by atomic mass is 9.97. The largest absolute Gasteiger partial charge is 0.311 e. The molecule has 0 aliphatic carbocycles. The van der Waals surface area contributed by atoms with E-state index in [9.17, 15) is 0 Å². The van der Waals surface area contributed by atoms with Crippen molar-refractivity contribution < 1.29 is 0 Å². The van der Waals surface area contributed by atoms with Gasteiger partial charge in [-0.2, -0.15) is 8.75 Å². The topological polar surface area (TPSA) is 32.3 Å². The SMILES string of the molecule is Brc1ccc(N(c2ccccc2)c2ccc(-c3ccc(-c4ccc(N(c5ccccc5)c5ccc(Br)cc5)cc4)c4nsnc34)cc2)cc1. The average molecular weight is 781 g/mol. The van der Waals surface area contributed by atoms with Crippen molar-refractivity contribution in [1.29, 1.82) is 0 Å². The summed E-state index contributed by atoms with van der Waals surface area (Å²) in [5.41, 5.74) is 12.7. The van der Waals surface area contributed by atoms with Crippen LogP contribution in [0.3, 0.4) is 0 Å². The van der Waals surface area contributed by atoms with Gasteiger partial charge in [-0.15, -0.1) is 0 Å². The van der Waals surface area contributed by atoms with Crippen LogP contribution >= 0.6 is 43.6 Å². The van der Waals surface area contributed by atoms with E-state index in [0.29, 0.717) is 0 Å². The third-order valence-electron chi connectivity index (χ3n) is 8.49. The quantitative estimate of drug-likeness (QED) is 0.154. The van der Waals surface area contributed by atoms with Crippen LogP contribution in [0.4, 0.5) is 34.1 Å². The Balaban J connectivity index is 1.12. The highest BCUT2D eigenvalue weighted by Crippen LogP contribution is 2.40. The van der Waals surface area contributed by atoms with Gasteiger partial charge in [-0.25, -0.2) is 0 Å². The molecule has 0 aliphatic rings. The molecule has 1 heterocycles. The smallest absolute Gasteiger partial charge is 0.113 e. The fraction of sp³-hybridized carbons (Fsp3) is 0. The first-order valence-electron chi connectivity index (χ1n) is 15.8. The van der Waals surface area contributed by atoms with Gasteiger partial charge in [0, 0.05) is 54.2 Å². The van der Waals surface area contributed by atoms with Crippen LogP contribution < -0.4 is 9.80 Å². The minimum atomic E-state index is 0.910. The standard InChI is InChI=1S/C42H28Br2N4S/c43-31-15-23-37(24-16-31)47(33-7-3-1-4-8-33)35-19-11-29(12-20-35)39-27-28-40(42-41(39)45-49-46-42)30-13-21-36(22-14-30)48(34-9-5-2-6-10-34)38-25-17-32(44)18-26-38/h1-28H. The van der Waals surface area contributed by atoms with Crippen LogP contribution in [0.5, 0.6) is 0 Å². The Bertz CT molecular complexity index is 2160. The zero-order valence-corrected chi connectivity index (χ0v) is 30.1. The molecule has 0 fully saturated rings. The zero-order valence-electron chi connectivity index (χ0n) is 26.1. The number of hydrogen-bond donors (Lipinski definition) is 0. The number of rotatable bonds is 8. The molecule has 7 aromatic carbocycles. The van der Waals surface area contributed by atoms with Gasteiger partial charge < -0.3 is 9.80 Å². The van der Waals surface area contributed by atoms with E-state index in [-0.39, 0.29) is 0 Å². The normalized spacial score (nSPS) is 11.1. The Morgan fingerprint density at radius 1 is 0.347 bits per heavy atom. The zero-order chi connectivity index (χ0) is 33.2. The van der Waals surface area contributed by atoms with Gasteiger partial charge in [-0.05, 0) is 108 Å². The van der Waals surface area contributed by atoms with Crippen molar-refractivity contribution in [3.63, 3.8) is 0 Å². The van der Waals surface area contributed by atoms with E-state index in [2.05, 4.69) is 199 Å². The molecule has 0 N–H and O–H groups in total. The van der Waals surface area contributed by atoms with Crippen molar-refractivity contribution in [3.8, 4) is 22.3 Å². The summed E-state index contributed by atoms with van der Waals surface area (Å²) >= 11 is 8.40. The van der Waals surface area contributed by atoms with Gasteiger partial charge >= 0.3 is 0 Å². The summed E-state index contributed by atoms with van der Waals surface area (Å²) in [6.45, 7) is 0. The lowest BCUT2D eigenvalue weighted by Crippen LogP contribution is -2.09. The fourth-order valence-electron chi connectivity index (χ4n) is 6.14. The van der Waals surface area contributed by atoms with Gasteiger partial charge in [0.05, 0.1) is 11.7 Å². The number of para-hydroxylation sites is 2. The second-order valence-corrected chi connectivity index (χ2v) is 13.9. The average Bonchev–Trinajstić information content (AvgIpc) is 3.65. The number of nitrogens with zero attached hydrogens (tertiary/aromatic N) is 4. The summed E-state index contributed by atoms with van der Waals surface area (Å²) in [4.78, 5) is 4.53. The number of aromatic nitrogens is 2. The van der Waals surface area contributed by atoms with E-state index in [1.165, 1.54) is 11.7 Å². The number of benzene rings is 7. The molecule has 0 radical (unpaired) electrons. The summed E-state index contributed by atoms with van der Waals surface area (Å²) in [6, 6.07) is 59.4. The molecule has 0 amide bonds. The second kappa shape index (κ2) is 13.8. The molecule has 49 heavy (non-hydrogen) atoms. The summed E-state index contributed by atoms with van der Waals surface area (Å²) in [5, 5.41) is 0. The molecular formula is C42H28Br2N4S.